The molecule has 2 unspecified atom stereocenters. The molecule has 0 saturated carbocycles. The smallest absolute Gasteiger partial charge is 0.496 e. The van der Waals surface area contributed by atoms with Crippen molar-refractivity contribution in [2.24, 2.45) is 0 Å². The zero-order valence-corrected chi connectivity index (χ0v) is 28.6. The maximum atomic E-state index is 14.9. The van der Waals surface area contributed by atoms with E-state index in [9.17, 15) is 58.6 Å². The molecule has 3 aromatic rings. The average Bonchev–Trinajstić information content (AvgIpc) is 3.00. The van der Waals surface area contributed by atoms with E-state index in [0.29, 0.717) is 23.5 Å². The van der Waals surface area contributed by atoms with Crippen molar-refractivity contribution in [3.8, 4) is 16.9 Å². The quantitative estimate of drug-likeness (QED) is 0.164. The molecule has 0 saturated heterocycles. The van der Waals surface area contributed by atoms with Crippen LogP contribution in [0.2, 0.25) is 0 Å². The predicted molar refractivity (Wildman–Crippen MR) is 167 cm³/mol. The van der Waals surface area contributed by atoms with Gasteiger partial charge in [0.05, 0.1) is 36.4 Å². The minimum absolute atomic E-state index is 0.0305. The molecule has 0 aromatic heterocycles. The molecule has 0 aliphatic rings. The van der Waals surface area contributed by atoms with Crippen molar-refractivity contribution >= 4 is 12.2 Å². The summed E-state index contributed by atoms with van der Waals surface area (Å²) in [6.07, 6.45) is -20.7. The van der Waals surface area contributed by atoms with Gasteiger partial charge in [-0.1, -0.05) is 19.4 Å². The fourth-order valence-corrected chi connectivity index (χ4v) is 5.34. The maximum Gasteiger partial charge on any atom is 0.506 e. The number of aryl methyl sites for hydroxylation is 1. The number of carbonyl (C=O) groups is 2. The van der Waals surface area contributed by atoms with E-state index >= 15 is 0 Å². The molecule has 52 heavy (non-hydrogen) atoms. The van der Waals surface area contributed by atoms with Gasteiger partial charge in [-0.05, 0) is 92.8 Å². The van der Waals surface area contributed by atoms with Crippen LogP contribution in [-0.2, 0) is 41.0 Å². The molecule has 286 valence electrons. The van der Waals surface area contributed by atoms with E-state index in [-0.39, 0.29) is 52.6 Å². The van der Waals surface area contributed by atoms with Crippen LogP contribution in [0.15, 0.2) is 48.5 Å². The van der Waals surface area contributed by atoms with Gasteiger partial charge in [0.1, 0.15) is 17.2 Å². The number of amides is 1. The number of hydrogen-bond donors (Lipinski definition) is 1. The van der Waals surface area contributed by atoms with Gasteiger partial charge in [0.15, 0.2) is 6.10 Å². The van der Waals surface area contributed by atoms with Crippen LogP contribution in [-0.4, -0.2) is 41.0 Å². The standard InChI is InChI=1S/C35H35F10NO6/c1-7-8-19-14-26(28(50-6)16-27(19)36)25-10-9-22(33(37,38)39)13-21(25)17-46(30(47)52-32(3,4)5)18(2)29(51-31(48)49)20-11-23(34(40,41)42)15-24(12-20)35(43,44)45/h9-16,18,29H,7-8,17H2,1-6H3,(H,48,49). The van der Waals surface area contributed by atoms with Crippen molar-refractivity contribution in [1.29, 1.82) is 0 Å². The summed E-state index contributed by atoms with van der Waals surface area (Å²) in [6, 6.07) is 3.11. The van der Waals surface area contributed by atoms with Gasteiger partial charge < -0.3 is 19.3 Å². The Balaban J connectivity index is 2.37. The molecule has 7 nitrogen and oxygen atoms in total. The first-order chi connectivity index (χ1) is 23.8. The highest BCUT2D eigenvalue weighted by atomic mass is 19.4. The summed E-state index contributed by atoms with van der Waals surface area (Å²) in [7, 11) is 1.18. The Kier molecular flexibility index (Phi) is 12.4. The SMILES string of the molecule is CCCc1cc(-c2ccc(C(F)(F)F)cc2CN(C(=O)OC(C)(C)C)C(C)C(OC(=O)O)c2cc(C(F)(F)F)cc(C(F)(F)F)c2)c(OC)cc1F. The second kappa shape index (κ2) is 15.5. The van der Waals surface area contributed by atoms with Crippen LogP contribution in [0.4, 0.5) is 53.5 Å². The Morgan fingerprint density at radius 1 is 0.788 bits per heavy atom. The molecular formula is C35H35F10NO6. The van der Waals surface area contributed by atoms with Crippen molar-refractivity contribution in [1.82, 2.24) is 4.90 Å². The summed E-state index contributed by atoms with van der Waals surface area (Å²) in [5, 5.41) is 9.55. The minimum atomic E-state index is -5.35. The highest BCUT2D eigenvalue weighted by Gasteiger charge is 2.41. The van der Waals surface area contributed by atoms with Crippen LogP contribution in [0.1, 0.15) is 80.5 Å². The Bertz CT molecular complexity index is 1730. The van der Waals surface area contributed by atoms with Gasteiger partial charge in [0, 0.05) is 11.6 Å². The Morgan fingerprint density at radius 2 is 1.35 bits per heavy atom. The molecule has 0 aliphatic carbocycles. The van der Waals surface area contributed by atoms with Crippen molar-refractivity contribution in [3.05, 3.63) is 87.7 Å². The Hall–Kier alpha value is -4.70. The van der Waals surface area contributed by atoms with E-state index in [1.807, 2.05) is 0 Å². The normalized spacial score (nSPS) is 13.7. The highest BCUT2D eigenvalue weighted by Crippen LogP contribution is 2.42. The predicted octanol–water partition coefficient (Wildman–Crippen LogP) is 11.1. The van der Waals surface area contributed by atoms with E-state index in [1.54, 1.807) is 6.92 Å². The average molecular weight is 756 g/mol. The lowest BCUT2D eigenvalue weighted by atomic mass is 9.92. The van der Waals surface area contributed by atoms with E-state index in [1.165, 1.54) is 33.9 Å². The number of halogens is 10. The highest BCUT2D eigenvalue weighted by molar-refractivity contribution is 5.76. The van der Waals surface area contributed by atoms with Gasteiger partial charge in [-0.3, -0.25) is 4.90 Å². The number of benzene rings is 3. The summed E-state index contributed by atoms with van der Waals surface area (Å²) in [5.41, 5.74) is -7.24. The van der Waals surface area contributed by atoms with Gasteiger partial charge in [-0.15, -0.1) is 0 Å². The topological polar surface area (TPSA) is 85.3 Å². The molecule has 0 fully saturated rings. The number of hydrogen-bond acceptors (Lipinski definition) is 5. The summed E-state index contributed by atoms with van der Waals surface area (Å²) in [5.74, 6) is -0.793. The molecule has 0 bridgehead atoms. The summed E-state index contributed by atoms with van der Waals surface area (Å²) in [4.78, 5) is 26.2. The monoisotopic (exact) mass is 755 g/mol. The van der Waals surface area contributed by atoms with Crippen LogP contribution >= 0.6 is 0 Å². The van der Waals surface area contributed by atoms with Gasteiger partial charge in [0.25, 0.3) is 0 Å². The van der Waals surface area contributed by atoms with Crippen molar-refractivity contribution in [2.75, 3.05) is 7.11 Å². The molecule has 2 atom stereocenters. The maximum absolute atomic E-state index is 14.9. The first-order valence-corrected chi connectivity index (χ1v) is 15.5. The minimum Gasteiger partial charge on any atom is -0.496 e. The fourth-order valence-electron chi connectivity index (χ4n) is 5.34. The van der Waals surface area contributed by atoms with Crippen LogP contribution in [0.25, 0.3) is 11.1 Å². The number of carbonyl (C=O) groups excluding carboxylic acids is 1. The van der Waals surface area contributed by atoms with Crippen LogP contribution < -0.4 is 4.74 Å². The van der Waals surface area contributed by atoms with Gasteiger partial charge in [-0.2, -0.15) is 39.5 Å². The second-order valence-electron chi connectivity index (χ2n) is 12.8. The molecule has 17 heteroatoms. The van der Waals surface area contributed by atoms with Crippen LogP contribution in [0.5, 0.6) is 5.75 Å². The number of nitrogens with zero attached hydrogens (tertiary/aromatic N) is 1. The number of carboxylic acid groups (broad SMARTS) is 1. The van der Waals surface area contributed by atoms with Crippen molar-refractivity contribution in [3.63, 3.8) is 0 Å². The molecule has 1 N–H and O–H groups in total. The molecule has 0 spiro atoms. The number of ether oxygens (including phenoxy) is 3. The number of rotatable bonds is 10. The van der Waals surface area contributed by atoms with E-state index in [0.717, 1.165) is 19.1 Å². The van der Waals surface area contributed by atoms with E-state index < -0.39 is 83.1 Å². The summed E-state index contributed by atoms with van der Waals surface area (Å²) >= 11 is 0. The molecule has 1 amide bonds. The second-order valence-corrected chi connectivity index (χ2v) is 12.8. The third kappa shape index (κ3) is 10.4. The van der Waals surface area contributed by atoms with Crippen LogP contribution in [0.3, 0.4) is 0 Å². The van der Waals surface area contributed by atoms with Gasteiger partial charge >= 0.3 is 30.8 Å². The molecule has 0 radical (unpaired) electrons. The van der Waals surface area contributed by atoms with Crippen molar-refractivity contribution in [2.45, 2.75) is 90.3 Å². The lowest BCUT2D eigenvalue weighted by Crippen LogP contribution is -2.45. The van der Waals surface area contributed by atoms with E-state index in [4.69, 9.17) is 14.2 Å². The van der Waals surface area contributed by atoms with E-state index in [2.05, 4.69) is 0 Å². The van der Waals surface area contributed by atoms with Crippen LogP contribution in [0, 0.1) is 5.82 Å². The zero-order chi connectivity index (χ0) is 39.6. The zero-order valence-electron chi connectivity index (χ0n) is 28.6. The Morgan fingerprint density at radius 3 is 1.81 bits per heavy atom. The number of alkyl halides is 9. The number of methoxy groups -OCH3 is 1. The summed E-state index contributed by atoms with van der Waals surface area (Å²) in [6.45, 7) is 6.06. The molecule has 3 rings (SSSR count). The molecule has 3 aromatic carbocycles. The molecule has 0 heterocycles. The van der Waals surface area contributed by atoms with Crippen molar-refractivity contribution < 1.29 is 72.8 Å². The largest absolute Gasteiger partial charge is 0.506 e. The lowest BCUT2D eigenvalue weighted by Gasteiger charge is -2.36. The van der Waals surface area contributed by atoms with Gasteiger partial charge in [0.2, 0.25) is 0 Å². The third-order valence-corrected chi connectivity index (χ3v) is 7.68. The first-order valence-electron chi connectivity index (χ1n) is 15.5. The fraction of sp³-hybridized carbons (Fsp3) is 0.429. The third-order valence-electron chi connectivity index (χ3n) is 7.68. The summed E-state index contributed by atoms with van der Waals surface area (Å²) < 4.78 is 155. The van der Waals surface area contributed by atoms with Gasteiger partial charge in [-0.25, -0.2) is 14.0 Å². The molecule has 0 aliphatic heterocycles. The first kappa shape index (κ1) is 41.7. The lowest BCUT2D eigenvalue weighted by molar-refractivity contribution is -0.143. The Labute approximate surface area is 292 Å². The molecular weight excluding hydrogens is 720 g/mol.